The highest BCUT2D eigenvalue weighted by Crippen LogP contribution is 2.20. The lowest BCUT2D eigenvalue weighted by molar-refractivity contribution is 0.383. The quantitative estimate of drug-likeness (QED) is 0.874. The second-order valence-electron chi connectivity index (χ2n) is 3.61. The molecule has 2 N–H and O–H groups in total. The Hall–Kier alpha value is -1.88. The van der Waals surface area contributed by atoms with Gasteiger partial charge in [0.2, 0.25) is 0 Å². The van der Waals surface area contributed by atoms with Gasteiger partial charge in [0.25, 0.3) is 0 Å². The molecule has 1 heterocycles. The van der Waals surface area contributed by atoms with E-state index in [4.69, 9.17) is 10.5 Å². The first kappa shape index (κ1) is 11.6. The van der Waals surface area contributed by atoms with Gasteiger partial charge in [0.05, 0.1) is 20.2 Å². The van der Waals surface area contributed by atoms with Crippen molar-refractivity contribution in [1.82, 2.24) is 9.55 Å². The van der Waals surface area contributed by atoms with Crippen molar-refractivity contribution in [2.75, 3.05) is 7.11 Å². The van der Waals surface area contributed by atoms with Crippen LogP contribution in [0.4, 0.5) is 4.39 Å². The van der Waals surface area contributed by atoms with Crippen molar-refractivity contribution in [3.63, 3.8) is 0 Å². The van der Waals surface area contributed by atoms with E-state index in [0.29, 0.717) is 18.7 Å². The summed E-state index contributed by atoms with van der Waals surface area (Å²) in [5, 5.41) is 0. The molecule has 2 rings (SSSR count). The van der Waals surface area contributed by atoms with Gasteiger partial charge in [-0.15, -0.1) is 0 Å². The minimum atomic E-state index is -0.341. The molecule has 0 aliphatic carbocycles. The molecular weight excluding hydrogens is 221 g/mol. The third-order valence-corrected chi connectivity index (χ3v) is 2.59. The van der Waals surface area contributed by atoms with Crippen molar-refractivity contribution >= 4 is 0 Å². The summed E-state index contributed by atoms with van der Waals surface area (Å²) in [7, 11) is 1.45. The zero-order valence-electron chi connectivity index (χ0n) is 9.56. The molecule has 0 aliphatic rings. The monoisotopic (exact) mass is 235 g/mol. The van der Waals surface area contributed by atoms with Crippen molar-refractivity contribution in [1.29, 1.82) is 0 Å². The average molecular weight is 235 g/mol. The number of methoxy groups -OCH3 is 1. The van der Waals surface area contributed by atoms with E-state index in [1.54, 1.807) is 30.6 Å². The number of benzene rings is 1. The lowest BCUT2D eigenvalue weighted by atomic mass is 10.2. The number of hydrogen-bond acceptors (Lipinski definition) is 3. The standard InChI is InChI=1S/C12H14FN3O/c1-17-10-4-2-3-9(12(10)13)8-16-6-5-15-11(16)7-14/h2-6H,7-8,14H2,1H3. The van der Waals surface area contributed by atoms with Crippen LogP contribution >= 0.6 is 0 Å². The van der Waals surface area contributed by atoms with Crippen LogP contribution in [0, 0.1) is 5.82 Å². The number of rotatable bonds is 4. The summed E-state index contributed by atoms with van der Waals surface area (Å²) in [6.07, 6.45) is 3.43. The molecule has 1 aromatic heterocycles. The SMILES string of the molecule is COc1cccc(Cn2ccnc2CN)c1F. The van der Waals surface area contributed by atoms with Crippen LogP contribution in [0.3, 0.4) is 0 Å². The molecular formula is C12H14FN3O. The topological polar surface area (TPSA) is 53.1 Å². The van der Waals surface area contributed by atoms with E-state index in [1.807, 2.05) is 4.57 Å². The summed E-state index contributed by atoms with van der Waals surface area (Å²) in [5.41, 5.74) is 6.09. The summed E-state index contributed by atoms with van der Waals surface area (Å²) < 4.78 is 20.7. The molecule has 17 heavy (non-hydrogen) atoms. The van der Waals surface area contributed by atoms with Crippen molar-refractivity contribution in [2.45, 2.75) is 13.1 Å². The molecule has 0 saturated carbocycles. The van der Waals surface area contributed by atoms with E-state index in [-0.39, 0.29) is 11.6 Å². The van der Waals surface area contributed by atoms with Gasteiger partial charge in [-0.1, -0.05) is 12.1 Å². The Morgan fingerprint density at radius 2 is 2.29 bits per heavy atom. The molecule has 0 fully saturated rings. The maximum atomic E-state index is 13.9. The molecule has 0 bridgehead atoms. The van der Waals surface area contributed by atoms with Crippen LogP contribution in [0.15, 0.2) is 30.6 Å². The van der Waals surface area contributed by atoms with E-state index in [9.17, 15) is 4.39 Å². The molecule has 1 aromatic carbocycles. The van der Waals surface area contributed by atoms with Crippen molar-refractivity contribution < 1.29 is 9.13 Å². The number of hydrogen-bond donors (Lipinski definition) is 1. The van der Waals surface area contributed by atoms with Crippen LogP contribution in [0.5, 0.6) is 5.75 Å². The Balaban J connectivity index is 2.30. The van der Waals surface area contributed by atoms with Crippen molar-refractivity contribution in [3.8, 4) is 5.75 Å². The largest absolute Gasteiger partial charge is 0.494 e. The van der Waals surface area contributed by atoms with E-state index in [1.165, 1.54) is 7.11 Å². The second kappa shape index (κ2) is 4.97. The summed E-state index contributed by atoms with van der Waals surface area (Å²) in [4.78, 5) is 4.09. The molecule has 0 radical (unpaired) electrons. The summed E-state index contributed by atoms with van der Waals surface area (Å²) in [5.74, 6) is 0.635. The normalized spacial score (nSPS) is 10.5. The van der Waals surface area contributed by atoms with Gasteiger partial charge < -0.3 is 15.0 Å². The molecule has 0 atom stereocenters. The van der Waals surface area contributed by atoms with Gasteiger partial charge in [-0.2, -0.15) is 0 Å². The van der Waals surface area contributed by atoms with E-state index < -0.39 is 0 Å². The molecule has 5 heteroatoms. The fourth-order valence-corrected chi connectivity index (χ4v) is 1.69. The van der Waals surface area contributed by atoms with Crippen LogP contribution in [0.1, 0.15) is 11.4 Å². The lowest BCUT2D eigenvalue weighted by Crippen LogP contribution is -2.10. The summed E-state index contributed by atoms with van der Waals surface area (Å²) in [6, 6.07) is 5.07. The minimum Gasteiger partial charge on any atom is -0.494 e. The lowest BCUT2D eigenvalue weighted by Gasteiger charge is -2.09. The zero-order chi connectivity index (χ0) is 12.3. The van der Waals surface area contributed by atoms with Crippen molar-refractivity contribution in [2.24, 2.45) is 5.73 Å². The average Bonchev–Trinajstić information content (AvgIpc) is 2.79. The smallest absolute Gasteiger partial charge is 0.170 e. The first-order chi connectivity index (χ1) is 8.26. The first-order valence-electron chi connectivity index (χ1n) is 5.27. The van der Waals surface area contributed by atoms with Crippen LogP contribution < -0.4 is 10.5 Å². The van der Waals surface area contributed by atoms with E-state index in [0.717, 1.165) is 5.82 Å². The Bertz CT molecular complexity index is 510. The van der Waals surface area contributed by atoms with Gasteiger partial charge in [0.15, 0.2) is 11.6 Å². The molecule has 0 amide bonds. The number of halogens is 1. The second-order valence-corrected chi connectivity index (χ2v) is 3.61. The van der Waals surface area contributed by atoms with Gasteiger partial charge in [-0.25, -0.2) is 9.37 Å². The summed E-state index contributed by atoms with van der Waals surface area (Å²) in [6.45, 7) is 0.730. The molecule has 4 nitrogen and oxygen atoms in total. The fourth-order valence-electron chi connectivity index (χ4n) is 1.69. The van der Waals surface area contributed by atoms with Gasteiger partial charge in [-0.3, -0.25) is 0 Å². The zero-order valence-corrected chi connectivity index (χ0v) is 9.56. The maximum absolute atomic E-state index is 13.9. The molecule has 90 valence electrons. The van der Waals surface area contributed by atoms with Crippen LogP contribution in [0.25, 0.3) is 0 Å². The van der Waals surface area contributed by atoms with E-state index >= 15 is 0 Å². The highest BCUT2D eigenvalue weighted by molar-refractivity contribution is 5.31. The molecule has 0 spiro atoms. The summed E-state index contributed by atoms with van der Waals surface area (Å²) >= 11 is 0. The van der Waals surface area contributed by atoms with Gasteiger partial charge in [-0.05, 0) is 6.07 Å². The first-order valence-corrected chi connectivity index (χ1v) is 5.27. The van der Waals surface area contributed by atoms with E-state index in [2.05, 4.69) is 4.98 Å². The number of ether oxygens (including phenoxy) is 1. The number of nitrogens with two attached hydrogens (primary N) is 1. The maximum Gasteiger partial charge on any atom is 0.170 e. The Morgan fingerprint density at radius 3 is 3.00 bits per heavy atom. The predicted molar refractivity (Wildman–Crippen MR) is 62.2 cm³/mol. The highest BCUT2D eigenvalue weighted by Gasteiger charge is 2.10. The fraction of sp³-hybridized carbons (Fsp3) is 0.250. The van der Waals surface area contributed by atoms with Gasteiger partial charge in [0.1, 0.15) is 5.82 Å². The molecule has 0 saturated heterocycles. The Kier molecular flexibility index (Phi) is 3.39. The molecule has 0 aliphatic heterocycles. The third-order valence-electron chi connectivity index (χ3n) is 2.59. The van der Waals surface area contributed by atoms with Crippen molar-refractivity contribution in [3.05, 3.63) is 47.8 Å². The molecule has 2 aromatic rings. The minimum absolute atomic E-state index is 0.247. The van der Waals surface area contributed by atoms with Gasteiger partial charge in [0, 0.05) is 18.0 Å². The van der Waals surface area contributed by atoms with Gasteiger partial charge >= 0.3 is 0 Å². The number of imidazole rings is 1. The van der Waals surface area contributed by atoms with Crippen LogP contribution in [0.2, 0.25) is 0 Å². The van der Waals surface area contributed by atoms with Crippen LogP contribution in [-0.4, -0.2) is 16.7 Å². The third kappa shape index (κ3) is 2.29. The predicted octanol–water partition coefficient (Wildman–Crippen LogP) is 1.54. The number of nitrogens with zero attached hydrogens (tertiary/aromatic N) is 2. The highest BCUT2D eigenvalue weighted by atomic mass is 19.1. The van der Waals surface area contributed by atoms with Crippen LogP contribution in [-0.2, 0) is 13.1 Å². The molecule has 0 unspecified atom stereocenters. The Labute approximate surface area is 98.8 Å². The Morgan fingerprint density at radius 1 is 1.47 bits per heavy atom. The number of aromatic nitrogens is 2.